The zero-order chi connectivity index (χ0) is 28.7. The van der Waals surface area contributed by atoms with E-state index in [1.807, 2.05) is 12.1 Å². The Labute approximate surface area is 248 Å². The normalized spacial score (nSPS) is 32.6. The first-order valence-electron chi connectivity index (χ1n) is 16.0. The van der Waals surface area contributed by atoms with Gasteiger partial charge in [-0.1, -0.05) is 24.3 Å². The highest BCUT2D eigenvalue weighted by atomic mass is 19.1. The van der Waals surface area contributed by atoms with E-state index in [0.717, 1.165) is 48.4 Å². The number of alkyl halides is 1. The van der Waals surface area contributed by atoms with Crippen molar-refractivity contribution in [2.24, 2.45) is 17.9 Å². The van der Waals surface area contributed by atoms with Gasteiger partial charge < -0.3 is 9.64 Å². The van der Waals surface area contributed by atoms with E-state index in [-0.39, 0.29) is 22.2 Å². The van der Waals surface area contributed by atoms with E-state index in [1.165, 1.54) is 43.5 Å². The van der Waals surface area contributed by atoms with Crippen molar-refractivity contribution in [1.29, 1.82) is 0 Å². The van der Waals surface area contributed by atoms with Crippen molar-refractivity contribution in [3.8, 4) is 16.9 Å². The molecule has 7 aliphatic rings. The standard InChI is InChI=1S/C36H42FN3O2/c1-39-31(19-30(38-39)26-6-7-26)35-15-12-33(13-16-35,14-17-35)24-40(32(41)20-34-21-36(37,22-34)23-34)28-5-3-4-27(18-28)25-8-10-29(42-2)11-9-25/h3-5,8-11,18-19,26H,6-7,12-17,20-24H2,1-2H3. The van der Waals surface area contributed by atoms with Crippen LogP contribution >= 0.6 is 0 Å². The van der Waals surface area contributed by atoms with Gasteiger partial charge in [-0.2, -0.15) is 5.10 Å². The van der Waals surface area contributed by atoms with Crippen molar-refractivity contribution >= 4 is 11.6 Å². The lowest BCUT2D eigenvalue weighted by Gasteiger charge is -2.66. The molecule has 0 unspecified atom stereocenters. The third-order valence-electron chi connectivity index (χ3n) is 11.8. The lowest BCUT2D eigenvalue weighted by atomic mass is 9.41. The second-order valence-electron chi connectivity index (χ2n) is 14.7. The molecular formula is C36H42FN3O2. The molecule has 7 aliphatic carbocycles. The Balaban J connectivity index is 1.06. The predicted octanol–water partition coefficient (Wildman–Crippen LogP) is 7.88. The Morgan fingerprint density at radius 1 is 0.952 bits per heavy atom. The molecule has 0 radical (unpaired) electrons. The zero-order valence-corrected chi connectivity index (χ0v) is 25.0. The van der Waals surface area contributed by atoms with E-state index in [2.05, 4.69) is 59.1 Å². The predicted molar refractivity (Wildman–Crippen MR) is 163 cm³/mol. The number of aryl methyl sites for hydroxylation is 1. The summed E-state index contributed by atoms with van der Waals surface area (Å²) in [5.74, 6) is 1.67. The number of ether oxygens (including phenoxy) is 1. The van der Waals surface area contributed by atoms with E-state index in [1.54, 1.807) is 7.11 Å². The molecule has 10 rings (SSSR count). The summed E-state index contributed by atoms with van der Waals surface area (Å²) in [6.07, 6.45) is 11.6. The molecule has 7 saturated carbocycles. The van der Waals surface area contributed by atoms with Crippen molar-refractivity contribution in [2.75, 3.05) is 18.6 Å². The fourth-order valence-electron chi connectivity index (χ4n) is 9.21. The summed E-state index contributed by atoms with van der Waals surface area (Å²) >= 11 is 0. The van der Waals surface area contributed by atoms with Crippen molar-refractivity contribution in [3.05, 3.63) is 66.0 Å². The first-order chi connectivity index (χ1) is 20.2. The largest absolute Gasteiger partial charge is 0.497 e. The molecule has 4 bridgehead atoms. The van der Waals surface area contributed by atoms with Crippen LogP contribution in [0.15, 0.2) is 54.6 Å². The van der Waals surface area contributed by atoms with Gasteiger partial charge in [0.15, 0.2) is 0 Å². The average molecular weight is 568 g/mol. The number of hydrogen-bond donors (Lipinski definition) is 0. The van der Waals surface area contributed by atoms with Gasteiger partial charge >= 0.3 is 0 Å². The van der Waals surface area contributed by atoms with Crippen LogP contribution in [-0.2, 0) is 17.3 Å². The molecule has 3 aromatic rings. The molecule has 0 N–H and O–H groups in total. The van der Waals surface area contributed by atoms with Crippen LogP contribution in [-0.4, -0.2) is 35.0 Å². The molecule has 1 aromatic heterocycles. The van der Waals surface area contributed by atoms with Crippen LogP contribution in [0, 0.1) is 10.8 Å². The second-order valence-corrected chi connectivity index (χ2v) is 14.7. The quantitative estimate of drug-likeness (QED) is 0.264. The van der Waals surface area contributed by atoms with Gasteiger partial charge in [-0.05, 0) is 123 Å². The summed E-state index contributed by atoms with van der Waals surface area (Å²) in [7, 11) is 3.81. The number of aromatic nitrogens is 2. The first-order valence-corrected chi connectivity index (χ1v) is 16.0. The number of carbonyl (C=O) groups excluding carboxylic acids is 1. The summed E-state index contributed by atoms with van der Waals surface area (Å²) in [5, 5.41) is 4.92. The van der Waals surface area contributed by atoms with Crippen molar-refractivity contribution < 1.29 is 13.9 Å². The fraction of sp³-hybridized carbons (Fsp3) is 0.556. The summed E-state index contributed by atoms with van der Waals surface area (Å²) < 4.78 is 21.9. The number of methoxy groups -OCH3 is 1. The molecule has 5 nitrogen and oxygen atoms in total. The molecule has 0 saturated heterocycles. The molecule has 0 spiro atoms. The topological polar surface area (TPSA) is 47.4 Å². The molecular weight excluding hydrogens is 525 g/mol. The number of halogens is 1. The molecule has 0 atom stereocenters. The van der Waals surface area contributed by atoms with Crippen LogP contribution in [0.3, 0.4) is 0 Å². The highest BCUT2D eigenvalue weighted by molar-refractivity contribution is 5.95. The second kappa shape index (κ2) is 9.17. The zero-order valence-electron chi connectivity index (χ0n) is 25.0. The van der Waals surface area contributed by atoms with Crippen LogP contribution in [0.4, 0.5) is 10.1 Å². The van der Waals surface area contributed by atoms with Gasteiger partial charge in [0.1, 0.15) is 11.4 Å². The monoisotopic (exact) mass is 567 g/mol. The Hall–Kier alpha value is -3.15. The number of carbonyl (C=O) groups is 1. The molecule has 7 fully saturated rings. The minimum Gasteiger partial charge on any atom is -0.497 e. The van der Waals surface area contributed by atoms with Gasteiger partial charge in [0, 0.05) is 42.7 Å². The lowest BCUT2D eigenvalue weighted by molar-refractivity contribution is -0.215. The van der Waals surface area contributed by atoms with Gasteiger partial charge in [0.25, 0.3) is 0 Å². The summed E-state index contributed by atoms with van der Waals surface area (Å²) in [5.41, 5.74) is 5.14. The summed E-state index contributed by atoms with van der Waals surface area (Å²) in [4.78, 5) is 16.2. The van der Waals surface area contributed by atoms with Gasteiger partial charge in [0.05, 0.1) is 12.8 Å². The van der Waals surface area contributed by atoms with Crippen molar-refractivity contribution in [3.63, 3.8) is 0 Å². The highest BCUT2D eigenvalue weighted by Crippen LogP contribution is 2.71. The van der Waals surface area contributed by atoms with Gasteiger partial charge in [-0.3, -0.25) is 9.48 Å². The molecule has 220 valence electrons. The summed E-state index contributed by atoms with van der Waals surface area (Å²) in [6.45, 7) is 0.754. The minimum atomic E-state index is -0.987. The molecule has 42 heavy (non-hydrogen) atoms. The minimum absolute atomic E-state index is 0.109. The Kier molecular flexibility index (Phi) is 5.78. The molecule has 1 heterocycles. The Bertz CT molecular complexity index is 1490. The lowest BCUT2D eigenvalue weighted by Crippen LogP contribution is -2.65. The van der Waals surface area contributed by atoms with Crippen molar-refractivity contribution in [2.45, 2.75) is 94.1 Å². The number of benzene rings is 2. The number of hydrogen-bond acceptors (Lipinski definition) is 3. The maximum Gasteiger partial charge on any atom is 0.227 e. The molecule has 6 heteroatoms. The van der Waals surface area contributed by atoms with Gasteiger partial charge in [-0.15, -0.1) is 0 Å². The van der Waals surface area contributed by atoms with Crippen LogP contribution in [0.2, 0.25) is 0 Å². The number of nitrogens with zero attached hydrogens (tertiary/aromatic N) is 3. The molecule has 1 amide bonds. The fourth-order valence-corrected chi connectivity index (χ4v) is 9.21. The number of amides is 1. The van der Waals surface area contributed by atoms with E-state index in [9.17, 15) is 9.18 Å². The van der Waals surface area contributed by atoms with Gasteiger partial charge in [0.2, 0.25) is 5.91 Å². The van der Waals surface area contributed by atoms with E-state index in [0.29, 0.717) is 31.6 Å². The SMILES string of the molecule is COc1ccc(-c2cccc(N(CC34CCC(c5cc(C6CC6)nn5C)(CC3)CC4)C(=O)CC34CC(F)(C3)C4)c2)cc1. The van der Waals surface area contributed by atoms with Crippen LogP contribution in [0.5, 0.6) is 5.75 Å². The van der Waals surface area contributed by atoms with Crippen LogP contribution in [0.25, 0.3) is 11.1 Å². The van der Waals surface area contributed by atoms with Crippen LogP contribution < -0.4 is 9.64 Å². The van der Waals surface area contributed by atoms with E-state index < -0.39 is 5.67 Å². The van der Waals surface area contributed by atoms with E-state index >= 15 is 0 Å². The average Bonchev–Trinajstić information content (AvgIpc) is 3.76. The third kappa shape index (κ3) is 4.31. The van der Waals surface area contributed by atoms with Gasteiger partial charge in [-0.25, -0.2) is 4.39 Å². The maximum atomic E-state index is 14.4. The third-order valence-corrected chi connectivity index (χ3v) is 11.8. The Morgan fingerprint density at radius 2 is 1.64 bits per heavy atom. The number of rotatable bonds is 9. The molecule has 2 aromatic carbocycles. The smallest absolute Gasteiger partial charge is 0.227 e. The van der Waals surface area contributed by atoms with Crippen molar-refractivity contribution in [1.82, 2.24) is 9.78 Å². The number of fused-ring (bicyclic) bond motifs is 3. The first kappa shape index (κ1) is 26.5. The molecule has 0 aliphatic heterocycles. The Morgan fingerprint density at radius 3 is 2.26 bits per heavy atom. The summed E-state index contributed by atoms with van der Waals surface area (Å²) in [6, 6.07) is 18.9. The van der Waals surface area contributed by atoms with Crippen LogP contribution in [0.1, 0.15) is 94.4 Å². The highest BCUT2D eigenvalue weighted by Gasteiger charge is 2.69. The number of anilines is 1. The maximum absolute atomic E-state index is 14.4. The van der Waals surface area contributed by atoms with E-state index in [4.69, 9.17) is 9.84 Å².